The van der Waals surface area contributed by atoms with Gasteiger partial charge in [-0.05, 0) is 152 Å². The van der Waals surface area contributed by atoms with Crippen LogP contribution in [-0.4, -0.2) is 30.5 Å². The Morgan fingerprint density at radius 3 is 1.18 bits per heavy atom. The van der Waals surface area contributed by atoms with Crippen LogP contribution >= 0.6 is 14.4 Å². The van der Waals surface area contributed by atoms with Crippen LogP contribution in [0.15, 0.2) is 387 Å². The van der Waals surface area contributed by atoms with Gasteiger partial charge < -0.3 is 9.46 Å². The molecule has 0 aliphatic carbocycles. The Labute approximate surface area is 722 Å². The van der Waals surface area contributed by atoms with Crippen LogP contribution in [0.3, 0.4) is 0 Å². The van der Waals surface area contributed by atoms with E-state index in [2.05, 4.69) is 207 Å². The standard InChI is InChI=1S/C27H20NOP.C27H19NOP.C23H19N2.C22H18N3.4Ir/c29-30(26-14-8-3-9-15-26)21-28(25-12-6-2-7-13-25)20-27(30)24-18-16-23(17-19-24)22-10-4-1-5-11-22;29-30(25-14-8-3-9-15-25)27(20-26(28-30)23-12-6-2-7-13-23)24-18-16-22(17-19-24)21-10-4-1-5-11-21;1-17-13-20(19-9-5-3-6-10-19)14-18(2)23(17)21-15-24-25(16-21)22-11-7-4-8-12-22;1-16-13-19(18-9-5-3-6-10-18)14-17(2)22(16)21-15-23-25(24-21)20-11-7-4-8-12-20;;;;/h1-12,14-21H;1-12,14-20H;3-11,13-16H,1-2H3;3-11,13-15H,1-2H3;;;;/q-2;3*-1;;;;. The minimum atomic E-state index is -3.13. The third-order valence-electron chi connectivity index (χ3n) is 19.3. The molecule has 2 aromatic heterocycles. The molecule has 0 bridgehead atoms. The molecule has 16 aromatic rings. The fourth-order valence-corrected chi connectivity index (χ4v) is 18.8. The Hall–Kier alpha value is -10.6. The second kappa shape index (κ2) is 39.5. The fraction of sp³-hybridized carbons (Fsp3) is 0.0404. The zero-order valence-electron chi connectivity index (χ0n) is 62.6. The third-order valence-corrected chi connectivity index (χ3v) is 24.5. The van der Waals surface area contributed by atoms with Gasteiger partial charge in [-0.15, -0.1) is 53.7 Å². The maximum Gasteiger partial charge on any atom is 0.239 e. The largest absolute Gasteiger partial charge is 0.512 e. The average molecular weight is 2230 g/mol. The van der Waals surface area contributed by atoms with Crippen LogP contribution in [0.5, 0.6) is 0 Å². The molecule has 4 heterocycles. The molecule has 114 heavy (non-hydrogen) atoms. The summed E-state index contributed by atoms with van der Waals surface area (Å²) >= 11 is 0. The molecular weight excluding hydrogens is 2150 g/mol. The maximum atomic E-state index is 14.3. The van der Waals surface area contributed by atoms with Gasteiger partial charge >= 0.3 is 0 Å². The Balaban J connectivity index is 0.000000149. The van der Waals surface area contributed by atoms with Gasteiger partial charge in [0.15, 0.2) is 0 Å². The van der Waals surface area contributed by atoms with E-state index >= 15 is 0 Å². The van der Waals surface area contributed by atoms with Crippen LogP contribution in [0.25, 0.3) is 88.9 Å². The predicted molar refractivity (Wildman–Crippen MR) is 454 cm³/mol. The summed E-state index contributed by atoms with van der Waals surface area (Å²) in [6.45, 7) is 8.59. The van der Waals surface area contributed by atoms with E-state index in [0.29, 0.717) is 5.71 Å². The zero-order chi connectivity index (χ0) is 75.2. The molecule has 0 spiro atoms. The van der Waals surface area contributed by atoms with E-state index in [0.717, 1.165) is 88.5 Å². The van der Waals surface area contributed by atoms with E-state index in [-0.39, 0.29) is 80.4 Å². The summed E-state index contributed by atoms with van der Waals surface area (Å²) in [5.41, 5.74) is 25.0. The first-order valence-corrected chi connectivity index (χ1v) is 39.9. The molecule has 2 aliphatic heterocycles. The molecule has 0 saturated carbocycles. The number of benzene rings is 14. The minimum Gasteiger partial charge on any atom is -0.512 e. The SMILES string of the molecule is Cc1cc(-c2ccccc2)cc(C)c1-c1cnn(-c2[c-]cccc2)c1.Cc1cc(-c2ccccc2)cc(C)c1-c1cnn(-c2[c-]cccc2)n1.O=P1(c2ccccc2)N=C(c2[c-]cccc2)C=C1c1ccc(-c2ccccc2)cc1.O=P1(c2ccccc2)[CH-]N(c2[c-]cccc2)C=C1c1ccc(-c2ccccc2)cc1.[Ir].[Ir].[Ir].[Ir]. The van der Waals surface area contributed by atoms with Gasteiger partial charge in [0.2, 0.25) is 7.29 Å². The Kier molecular flexibility index (Phi) is 29.2. The van der Waals surface area contributed by atoms with Gasteiger partial charge in [-0.3, -0.25) is 14.0 Å². The summed E-state index contributed by atoms with van der Waals surface area (Å²) in [4.78, 5) is 3.56. The molecule has 9 nitrogen and oxygen atoms in total. The number of anilines is 1. The molecule has 15 heteroatoms. The molecule has 4 radical (unpaired) electrons. The van der Waals surface area contributed by atoms with Crippen molar-refractivity contribution in [2.24, 2.45) is 4.76 Å². The van der Waals surface area contributed by atoms with E-state index in [1.54, 1.807) is 4.80 Å². The van der Waals surface area contributed by atoms with Crippen molar-refractivity contribution in [3.05, 3.63) is 452 Å². The molecular formula is C99H76Ir4N7O2P2-5. The van der Waals surface area contributed by atoms with Crippen LogP contribution in [0, 0.1) is 58.2 Å². The van der Waals surface area contributed by atoms with Crippen molar-refractivity contribution in [1.29, 1.82) is 0 Å². The van der Waals surface area contributed by atoms with Crippen molar-refractivity contribution < 1.29 is 89.6 Å². The zero-order valence-corrected chi connectivity index (χ0v) is 74.0. The van der Waals surface area contributed by atoms with Gasteiger partial charge in [0.25, 0.3) is 0 Å². The first kappa shape index (κ1) is 84.3. The molecule has 0 saturated heterocycles. The molecule has 0 amide bonds. The number of rotatable bonds is 14. The topological polar surface area (TPSA) is 98.3 Å². The average Bonchev–Trinajstić information content (AvgIpc) is 1.60. The molecule has 18 rings (SSSR count). The van der Waals surface area contributed by atoms with E-state index in [1.165, 1.54) is 55.6 Å². The maximum absolute atomic E-state index is 14.3. The van der Waals surface area contributed by atoms with E-state index < -0.39 is 14.4 Å². The Morgan fingerprint density at radius 2 is 0.728 bits per heavy atom. The summed E-state index contributed by atoms with van der Waals surface area (Å²) in [7, 11) is -6.06. The van der Waals surface area contributed by atoms with E-state index in [1.807, 2.05) is 259 Å². The third kappa shape index (κ3) is 19.4. The van der Waals surface area contributed by atoms with Crippen molar-refractivity contribution in [2.45, 2.75) is 27.7 Å². The number of aromatic nitrogens is 5. The Morgan fingerprint density at radius 1 is 0.342 bits per heavy atom. The van der Waals surface area contributed by atoms with E-state index in [4.69, 9.17) is 4.76 Å². The van der Waals surface area contributed by atoms with Crippen molar-refractivity contribution in [2.75, 3.05) is 4.90 Å². The Bertz CT molecular complexity index is 5710. The van der Waals surface area contributed by atoms with Gasteiger partial charge in [-0.2, -0.15) is 105 Å². The van der Waals surface area contributed by atoms with Crippen LogP contribution in [0.4, 0.5) is 5.69 Å². The second-order valence-electron chi connectivity index (χ2n) is 26.8. The number of hydrogen-bond acceptors (Lipinski definition) is 6. The van der Waals surface area contributed by atoms with Gasteiger partial charge in [0.1, 0.15) is 5.69 Å². The van der Waals surface area contributed by atoms with Crippen LogP contribution < -0.4 is 15.5 Å². The monoisotopic (exact) mass is 2230 g/mol. The number of hydrogen-bond donors (Lipinski definition) is 0. The summed E-state index contributed by atoms with van der Waals surface area (Å²) in [6, 6.07) is 130. The van der Waals surface area contributed by atoms with Crippen molar-refractivity contribution in [3.8, 4) is 78.3 Å². The smallest absolute Gasteiger partial charge is 0.239 e. The summed E-state index contributed by atoms with van der Waals surface area (Å²) < 4.78 is 35.1. The number of aryl methyl sites for hydroxylation is 4. The van der Waals surface area contributed by atoms with Gasteiger partial charge in [0.05, 0.1) is 12.4 Å². The molecule has 0 fully saturated rings. The normalized spacial score (nSPS) is 14.3. The number of nitrogens with zero attached hydrogens (tertiary/aromatic N) is 7. The molecule has 2 aliphatic rings. The van der Waals surface area contributed by atoms with E-state index in [9.17, 15) is 9.13 Å². The molecule has 0 N–H and O–H groups in total. The van der Waals surface area contributed by atoms with Crippen molar-refractivity contribution in [3.63, 3.8) is 0 Å². The summed E-state index contributed by atoms with van der Waals surface area (Å²) in [5.74, 6) is 0. The first-order valence-electron chi connectivity index (χ1n) is 36.4. The minimum absolute atomic E-state index is 0. The van der Waals surface area contributed by atoms with Gasteiger partial charge in [-0.25, -0.2) is 0 Å². The first-order chi connectivity index (χ1) is 53.9. The van der Waals surface area contributed by atoms with Crippen LogP contribution in [0.2, 0.25) is 0 Å². The molecule has 2 unspecified atom stereocenters. The quantitative estimate of drug-likeness (QED) is 0.0795. The molecule has 14 aromatic carbocycles. The van der Waals surface area contributed by atoms with Crippen molar-refractivity contribution >= 4 is 47.1 Å². The molecule has 2 atom stereocenters. The number of allylic oxidation sites excluding steroid dienone is 1. The van der Waals surface area contributed by atoms with Crippen LogP contribution in [-0.2, 0) is 89.6 Å². The number of para-hydroxylation sites is 3. The van der Waals surface area contributed by atoms with Gasteiger partial charge in [0, 0.05) is 121 Å². The predicted octanol–water partition coefficient (Wildman–Crippen LogP) is 24.0. The second-order valence-corrected chi connectivity index (χ2v) is 31.7. The fourth-order valence-electron chi connectivity index (χ4n) is 13.9. The van der Waals surface area contributed by atoms with Crippen LogP contribution in [0.1, 0.15) is 38.9 Å². The summed E-state index contributed by atoms with van der Waals surface area (Å²) in [5, 5.41) is 16.7. The van der Waals surface area contributed by atoms with Gasteiger partial charge in [-0.1, -0.05) is 249 Å². The molecule has 570 valence electrons. The van der Waals surface area contributed by atoms with Crippen molar-refractivity contribution in [1.82, 2.24) is 24.8 Å². The summed E-state index contributed by atoms with van der Waals surface area (Å²) in [6.07, 6.45) is 11.6.